The van der Waals surface area contributed by atoms with E-state index in [1.54, 1.807) is 0 Å². The highest BCUT2D eigenvalue weighted by Gasteiger charge is 2.59. The fraction of sp³-hybridized carbons (Fsp3) is 0.450. The van der Waals surface area contributed by atoms with E-state index >= 15 is 0 Å². The quantitative estimate of drug-likeness (QED) is 0.913. The Morgan fingerprint density at radius 1 is 1.27 bits per heavy atom. The number of oxazole rings is 1. The van der Waals surface area contributed by atoms with E-state index in [1.165, 1.54) is 0 Å². The van der Waals surface area contributed by atoms with Gasteiger partial charge in [-0.3, -0.25) is 9.59 Å². The number of aliphatic carboxylic acids is 1. The first-order chi connectivity index (χ1) is 12.5. The molecule has 2 aromatic rings. The summed E-state index contributed by atoms with van der Waals surface area (Å²) in [5.41, 5.74) is 1.50. The van der Waals surface area contributed by atoms with Gasteiger partial charge in [0, 0.05) is 18.7 Å². The van der Waals surface area contributed by atoms with E-state index < -0.39 is 5.97 Å². The van der Waals surface area contributed by atoms with E-state index in [9.17, 15) is 9.59 Å². The highest BCUT2D eigenvalue weighted by atomic mass is 16.4. The number of hydrogen-bond acceptors (Lipinski definition) is 4. The van der Waals surface area contributed by atoms with Gasteiger partial charge in [-0.2, -0.15) is 0 Å². The lowest BCUT2D eigenvalue weighted by molar-refractivity contribution is -0.139. The number of piperidine rings is 1. The molecule has 26 heavy (non-hydrogen) atoms. The van der Waals surface area contributed by atoms with Crippen LogP contribution in [0.15, 0.2) is 34.7 Å². The molecule has 2 heterocycles. The zero-order valence-corrected chi connectivity index (χ0v) is 14.8. The predicted octanol–water partition coefficient (Wildman–Crippen LogP) is 2.91. The van der Waals surface area contributed by atoms with Gasteiger partial charge >= 0.3 is 5.97 Å². The molecule has 1 unspecified atom stereocenters. The van der Waals surface area contributed by atoms with Crippen LogP contribution in [0, 0.1) is 18.3 Å². The summed E-state index contributed by atoms with van der Waals surface area (Å²) in [4.78, 5) is 30.1. The predicted molar refractivity (Wildman–Crippen MR) is 94.4 cm³/mol. The van der Waals surface area contributed by atoms with Gasteiger partial charge in [-0.25, -0.2) is 4.98 Å². The zero-order chi connectivity index (χ0) is 18.3. The smallest absolute Gasteiger partial charge is 0.307 e. The summed E-state index contributed by atoms with van der Waals surface area (Å²) in [6, 6.07) is 9.63. The third kappa shape index (κ3) is 3.00. The average Bonchev–Trinajstić information content (AvgIpc) is 3.23. The number of carboxylic acid groups (broad SMARTS) is 1. The van der Waals surface area contributed by atoms with Crippen molar-refractivity contribution in [2.24, 2.45) is 11.3 Å². The Bertz CT molecular complexity index is 835. The SMILES string of the molecule is Cc1oc(-c2ccccc2)nc1CC(=O)N1CCC2(CC1)CC2C(=O)O. The summed E-state index contributed by atoms with van der Waals surface area (Å²) in [6.07, 6.45) is 2.54. The molecule has 2 aliphatic rings. The van der Waals surface area contributed by atoms with Crippen LogP contribution < -0.4 is 0 Å². The number of amides is 1. The topological polar surface area (TPSA) is 83.6 Å². The van der Waals surface area contributed by atoms with Crippen LogP contribution in [-0.2, 0) is 16.0 Å². The van der Waals surface area contributed by atoms with Crippen molar-refractivity contribution in [3.63, 3.8) is 0 Å². The van der Waals surface area contributed by atoms with Crippen LogP contribution in [0.2, 0.25) is 0 Å². The van der Waals surface area contributed by atoms with Crippen LogP contribution in [0.1, 0.15) is 30.7 Å². The molecule has 4 rings (SSSR count). The average molecular weight is 354 g/mol. The Hall–Kier alpha value is -2.63. The van der Waals surface area contributed by atoms with Crippen molar-refractivity contribution in [1.29, 1.82) is 0 Å². The second-order valence-corrected chi connectivity index (χ2v) is 7.40. The Labute approximate surface area is 151 Å². The molecule has 1 aromatic carbocycles. The van der Waals surface area contributed by atoms with Crippen molar-refractivity contribution in [3.05, 3.63) is 41.8 Å². The maximum absolute atomic E-state index is 12.6. The molecule has 1 amide bonds. The Morgan fingerprint density at radius 3 is 2.58 bits per heavy atom. The number of aryl methyl sites for hydroxylation is 1. The van der Waals surface area contributed by atoms with Crippen LogP contribution in [0.3, 0.4) is 0 Å². The van der Waals surface area contributed by atoms with Gasteiger partial charge in [0.15, 0.2) is 0 Å². The number of benzene rings is 1. The van der Waals surface area contributed by atoms with Gasteiger partial charge in [0.1, 0.15) is 5.76 Å². The Morgan fingerprint density at radius 2 is 1.96 bits per heavy atom. The van der Waals surface area contributed by atoms with E-state index in [0.717, 1.165) is 24.8 Å². The van der Waals surface area contributed by atoms with Gasteiger partial charge in [-0.15, -0.1) is 0 Å². The van der Waals surface area contributed by atoms with Gasteiger partial charge in [0.25, 0.3) is 0 Å². The number of carbonyl (C=O) groups is 2. The monoisotopic (exact) mass is 354 g/mol. The number of nitrogens with zero attached hydrogens (tertiary/aromatic N) is 2. The maximum atomic E-state index is 12.6. The number of carbonyl (C=O) groups excluding carboxylic acids is 1. The highest BCUT2D eigenvalue weighted by molar-refractivity contribution is 5.79. The van der Waals surface area contributed by atoms with Gasteiger partial charge in [0.05, 0.1) is 18.0 Å². The van der Waals surface area contributed by atoms with Crippen molar-refractivity contribution in [2.75, 3.05) is 13.1 Å². The number of rotatable bonds is 4. The summed E-state index contributed by atoms with van der Waals surface area (Å²) in [6.45, 7) is 3.09. The molecular weight excluding hydrogens is 332 g/mol. The standard InChI is InChI=1S/C20H22N2O4/c1-13-16(21-18(26-13)14-5-3-2-4-6-14)11-17(23)22-9-7-20(8-10-22)12-15(20)19(24)25/h2-6,15H,7-12H2,1H3,(H,24,25). The fourth-order valence-electron chi connectivity index (χ4n) is 4.00. The van der Waals surface area contributed by atoms with Gasteiger partial charge in [0.2, 0.25) is 11.8 Å². The zero-order valence-electron chi connectivity index (χ0n) is 14.8. The van der Waals surface area contributed by atoms with Crippen LogP contribution in [0.5, 0.6) is 0 Å². The Balaban J connectivity index is 1.39. The lowest BCUT2D eigenvalue weighted by atomic mass is 9.90. The summed E-state index contributed by atoms with van der Waals surface area (Å²) in [7, 11) is 0. The molecule has 0 radical (unpaired) electrons. The largest absolute Gasteiger partial charge is 0.481 e. The van der Waals surface area contributed by atoms with Crippen LogP contribution in [0.25, 0.3) is 11.5 Å². The van der Waals surface area contributed by atoms with E-state index in [1.807, 2.05) is 42.2 Å². The van der Waals surface area contributed by atoms with E-state index in [2.05, 4.69) is 4.98 Å². The first-order valence-electron chi connectivity index (χ1n) is 9.01. The van der Waals surface area contributed by atoms with Crippen LogP contribution in [0.4, 0.5) is 0 Å². The summed E-state index contributed by atoms with van der Waals surface area (Å²) in [5.74, 6) is 0.315. The van der Waals surface area contributed by atoms with Gasteiger partial charge in [-0.05, 0) is 43.7 Å². The highest BCUT2D eigenvalue weighted by Crippen LogP contribution is 2.59. The van der Waals surface area contributed by atoms with Gasteiger partial charge in [-0.1, -0.05) is 18.2 Å². The molecule has 1 spiro atoms. The number of hydrogen-bond donors (Lipinski definition) is 1. The minimum atomic E-state index is -0.698. The third-order valence-corrected chi connectivity index (χ3v) is 5.83. The minimum Gasteiger partial charge on any atom is -0.481 e. The van der Waals surface area contributed by atoms with Gasteiger partial charge < -0.3 is 14.4 Å². The molecule has 1 aromatic heterocycles. The first kappa shape index (κ1) is 16.8. The summed E-state index contributed by atoms with van der Waals surface area (Å²) in [5, 5.41) is 9.17. The molecule has 1 saturated carbocycles. The number of likely N-dealkylation sites (tertiary alicyclic amines) is 1. The Kier molecular flexibility index (Phi) is 4.05. The molecule has 6 nitrogen and oxygen atoms in total. The molecule has 1 saturated heterocycles. The van der Waals surface area contributed by atoms with E-state index in [0.29, 0.717) is 30.4 Å². The van der Waals surface area contributed by atoms with Crippen molar-refractivity contribution in [3.8, 4) is 11.5 Å². The maximum Gasteiger partial charge on any atom is 0.307 e. The molecule has 1 aliphatic heterocycles. The summed E-state index contributed by atoms with van der Waals surface area (Å²) >= 11 is 0. The second kappa shape index (κ2) is 6.27. The first-order valence-corrected chi connectivity index (χ1v) is 9.01. The molecule has 1 atom stereocenters. The van der Waals surface area contributed by atoms with Crippen LogP contribution in [-0.4, -0.2) is 40.0 Å². The van der Waals surface area contributed by atoms with Crippen molar-refractivity contribution in [1.82, 2.24) is 9.88 Å². The van der Waals surface area contributed by atoms with E-state index in [-0.39, 0.29) is 23.7 Å². The molecular formula is C20H22N2O4. The molecule has 136 valence electrons. The van der Waals surface area contributed by atoms with E-state index in [4.69, 9.17) is 9.52 Å². The number of aromatic nitrogens is 1. The van der Waals surface area contributed by atoms with Crippen molar-refractivity contribution in [2.45, 2.75) is 32.6 Å². The minimum absolute atomic E-state index is 0.0309. The lowest BCUT2D eigenvalue weighted by Crippen LogP contribution is -2.40. The van der Waals surface area contributed by atoms with Crippen LogP contribution >= 0.6 is 0 Å². The summed E-state index contributed by atoms with van der Waals surface area (Å²) < 4.78 is 5.73. The molecule has 1 N–H and O–H groups in total. The van der Waals surface area contributed by atoms with Crippen molar-refractivity contribution < 1.29 is 19.1 Å². The fourth-order valence-corrected chi connectivity index (χ4v) is 4.00. The second-order valence-electron chi connectivity index (χ2n) is 7.40. The normalized spacial score (nSPS) is 21.0. The molecule has 6 heteroatoms. The van der Waals surface area contributed by atoms with Crippen molar-refractivity contribution >= 4 is 11.9 Å². The lowest BCUT2D eigenvalue weighted by Gasteiger charge is -2.32. The number of carboxylic acids is 1. The molecule has 2 fully saturated rings. The molecule has 0 bridgehead atoms. The molecule has 1 aliphatic carbocycles. The third-order valence-electron chi connectivity index (χ3n) is 5.83.